The van der Waals surface area contributed by atoms with Crippen LogP contribution in [0.2, 0.25) is 0 Å². The molecule has 3 heteroatoms. The summed E-state index contributed by atoms with van der Waals surface area (Å²) in [5.74, 6) is 0.417. The molecule has 3 rings (SSSR count). The summed E-state index contributed by atoms with van der Waals surface area (Å²) in [6, 6.07) is 12.5. The lowest BCUT2D eigenvalue weighted by Gasteiger charge is -2.28. The van der Waals surface area contributed by atoms with Crippen molar-refractivity contribution in [2.45, 2.75) is 79.1 Å². The van der Waals surface area contributed by atoms with Crippen molar-refractivity contribution in [3.05, 3.63) is 79.5 Å². The first kappa shape index (κ1) is 23.4. The van der Waals surface area contributed by atoms with Crippen LogP contribution in [0.25, 0.3) is 0 Å². The molecule has 0 atom stereocenters. The lowest BCUT2D eigenvalue weighted by molar-refractivity contribution is 0.432. The van der Waals surface area contributed by atoms with Crippen LogP contribution in [-0.2, 0) is 10.8 Å². The Morgan fingerprint density at radius 3 is 1.42 bits per heavy atom. The number of aromatic hydroxyl groups is 2. The van der Waals surface area contributed by atoms with Gasteiger partial charge in [-0.25, -0.2) is 0 Å². The highest BCUT2D eigenvalue weighted by molar-refractivity contribution is 7.12. The summed E-state index contributed by atoms with van der Waals surface area (Å²) in [4.78, 5) is 2.34. The second-order valence-electron chi connectivity index (χ2n) is 10.9. The fourth-order valence-corrected chi connectivity index (χ4v) is 5.30. The molecule has 2 N–H and O–H groups in total. The molecule has 0 aliphatic heterocycles. The maximum absolute atomic E-state index is 11.5. The van der Waals surface area contributed by atoms with E-state index in [0.29, 0.717) is 11.5 Å². The smallest absolute Gasteiger partial charge is 0.123 e. The van der Waals surface area contributed by atoms with E-state index in [1.807, 2.05) is 0 Å². The molecule has 0 amide bonds. The molecule has 1 heterocycles. The molecule has 0 saturated heterocycles. The van der Waals surface area contributed by atoms with E-state index >= 15 is 0 Å². The third-order valence-corrected chi connectivity index (χ3v) is 6.92. The molecule has 166 valence electrons. The van der Waals surface area contributed by atoms with Gasteiger partial charge in [0.25, 0.3) is 0 Å². The van der Waals surface area contributed by atoms with Gasteiger partial charge in [0.15, 0.2) is 0 Å². The van der Waals surface area contributed by atoms with Gasteiger partial charge in [-0.2, -0.15) is 0 Å². The van der Waals surface area contributed by atoms with Crippen molar-refractivity contribution in [2.75, 3.05) is 0 Å². The molecule has 0 saturated carbocycles. The maximum Gasteiger partial charge on any atom is 0.123 e. The molecule has 1 aromatic heterocycles. The van der Waals surface area contributed by atoms with E-state index < -0.39 is 0 Å². The quantitative estimate of drug-likeness (QED) is 0.439. The van der Waals surface area contributed by atoms with E-state index in [1.165, 1.54) is 4.88 Å². The SMILES string of the molecule is Cc1cc(C(c2ccc(C)s2)c2cc(C)cc(C(C)(C)C)c2O)c(O)c(C(C)(C)C)c1. The molecular weight excluding hydrogens is 400 g/mol. The van der Waals surface area contributed by atoms with Crippen LogP contribution in [0.5, 0.6) is 11.5 Å². The molecule has 2 aromatic carbocycles. The zero-order valence-corrected chi connectivity index (χ0v) is 21.2. The van der Waals surface area contributed by atoms with Crippen LogP contribution in [-0.4, -0.2) is 10.2 Å². The first-order chi connectivity index (χ1) is 14.2. The Labute approximate surface area is 191 Å². The Morgan fingerprint density at radius 2 is 1.10 bits per heavy atom. The van der Waals surface area contributed by atoms with Crippen molar-refractivity contribution < 1.29 is 10.2 Å². The molecule has 0 unspecified atom stereocenters. The third-order valence-electron chi connectivity index (χ3n) is 5.85. The van der Waals surface area contributed by atoms with E-state index in [2.05, 4.69) is 98.7 Å². The van der Waals surface area contributed by atoms with Crippen LogP contribution in [0.1, 0.15) is 90.6 Å². The first-order valence-electron chi connectivity index (χ1n) is 10.9. The highest BCUT2D eigenvalue weighted by Crippen LogP contribution is 2.48. The van der Waals surface area contributed by atoms with Crippen LogP contribution in [0.3, 0.4) is 0 Å². The number of rotatable bonds is 3. The van der Waals surface area contributed by atoms with Gasteiger partial charge in [-0.15, -0.1) is 11.3 Å². The Bertz CT molecular complexity index is 1040. The van der Waals surface area contributed by atoms with Crippen molar-refractivity contribution in [3.8, 4) is 11.5 Å². The third kappa shape index (κ3) is 4.67. The van der Waals surface area contributed by atoms with Crippen molar-refractivity contribution in [2.24, 2.45) is 0 Å². The summed E-state index contributed by atoms with van der Waals surface area (Å²) in [7, 11) is 0. The van der Waals surface area contributed by atoms with Gasteiger partial charge in [0, 0.05) is 20.9 Å². The lowest BCUT2D eigenvalue weighted by atomic mass is 9.78. The van der Waals surface area contributed by atoms with Crippen LogP contribution in [0, 0.1) is 20.8 Å². The number of phenolic OH excluding ortho intramolecular Hbond substituents is 2. The van der Waals surface area contributed by atoms with Crippen molar-refractivity contribution in [1.29, 1.82) is 0 Å². The standard InChI is InChI=1S/C28H36O2S/c1-16-12-19(25(29)21(14-16)27(4,5)6)24(23-11-10-18(3)31-23)20-13-17(2)15-22(26(20)30)28(7,8)9/h10-15,24,29-30H,1-9H3. The first-order valence-corrected chi connectivity index (χ1v) is 11.8. The second kappa shape index (κ2) is 8.02. The van der Waals surface area contributed by atoms with Crippen molar-refractivity contribution >= 4 is 11.3 Å². The molecule has 0 bridgehead atoms. The summed E-state index contributed by atoms with van der Waals surface area (Å²) in [5.41, 5.74) is 5.42. The number of aryl methyl sites for hydroxylation is 3. The van der Waals surface area contributed by atoms with Gasteiger partial charge in [-0.1, -0.05) is 76.9 Å². The topological polar surface area (TPSA) is 40.5 Å². The summed E-state index contributed by atoms with van der Waals surface area (Å²) in [5, 5.41) is 22.9. The summed E-state index contributed by atoms with van der Waals surface area (Å²) in [6.07, 6.45) is 0. The van der Waals surface area contributed by atoms with E-state index in [-0.39, 0.29) is 16.7 Å². The minimum absolute atomic E-state index is 0.189. The minimum Gasteiger partial charge on any atom is -0.507 e. The zero-order chi connectivity index (χ0) is 23.3. The van der Waals surface area contributed by atoms with Gasteiger partial charge in [-0.3, -0.25) is 0 Å². The van der Waals surface area contributed by atoms with E-state index in [9.17, 15) is 10.2 Å². The molecule has 0 fully saturated rings. The Hall–Kier alpha value is -2.26. The monoisotopic (exact) mass is 436 g/mol. The molecule has 0 aliphatic carbocycles. The molecule has 0 radical (unpaired) electrons. The Morgan fingerprint density at radius 1 is 0.677 bits per heavy atom. The largest absolute Gasteiger partial charge is 0.507 e. The number of benzene rings is 2. The van der Waals surface area contributed by atoms with Crippen LogP contribution in [0.4, 0.5) is 0 Å². The van der Waals surface area contributed by atoms with E-state index in [0.717, 1.165) is 38.3 Å². The highest BCUT2D eigenvalue weighted by atomic mass is 32.1. The van der Waals surface area contributed by atoms with Crippen LogP contribution >= 0.6 is 11.3 Å². The fraction of sp³-hybridized carbons (Fsp3) is 0.429. The normalized spacial score (nSPS) is 12.6. The van der Waals surface area contributed by atoms with Gasteiger partial charge in [0.1, 0.15) is 11.5 Å². The van der Waals surface area contributed by atoms with Gasteiger partial charge >= 0.3 is 0 Å². The molecule has 2 nitrogen and oxygen atoms in total. The summed E-state index contributed by atoms with van der Waals surface area (Å²) >= 11 is 1.72. The fourth-order valence-electron chi connectivity index (χ4n) is 4.28. The molecular formula is C28H36O2S. The lowest BCUT2D eigenvalue weighted by Crippen LogP contribution is -2.16. The van der Waals surface area contributed by atoms with Crippen molar-refractivity contribution in [1.82, 2.24) is 0 Å². The Kier molecular flexibility index (Phi) is 6.05. The van der Waals surface area contributed by atoms with Gasteiger partial charge in [0.05, 0.1) is 5.92 Å². The highest BCUT2D eigenvalue weighted by Gasteiger charge is 2.31. The Balaban J connectivity index is 2.40. The summed E-state index contributed by atoms with van der Waals surface area (Å²) in [6.45, 7) is 19.0. The van der Waals surface area contributed by atoms with Crippen LogP contribution < -0.4 is 0 Å². The number of hydrogen-bond acceptors (Lipinski definition) is 3. The maximum atomic E-state index is 11.5. The number of thiophene rings is 1. The zero-order valence-electron chi connectivity index (χ0n) is 20.3. The average molecular weight is 437 g/mol. The van der Waals surface area contributed by atoms with Crippen molar-refractivity contribution in [3.63, 3.8) is 0 Å². The number of phenols is 2. The molecule has 31 heavy (non-hydrogen) atoms. The molecule has 3 aromatic rings. The molecule has 0 spiro atoms. The van der Waals surface area contributed by atoms with Crippen LogP contribution in [0.15, 0.2) is 36.4 Å². The second-order valence-corrected chi connectivity index (χ2v) is 12.2. The molecule has 0 aliphatic rings. The van der Waals surface area contributed by atoms with E-state index in [1.54, 1.807) is 11.3 Å². The number of hydrogen-bond donors (Lipinski definition) is 2. The van der Waals surface area contributed by atoms with Gasteiger partial charge in [0.2, 0.25) is 0 Å². The average Bonchev–Trinajstić information content (AvgIpc) is 3.04. The predicted molar refractivity (Wildman–Crippen MR) is 133 cm³/mol. The van der Waals surface area contributed by atoms with E-state index in [4.69, 9.17) is 0 Å². The van der Waals surface area contributed by atoms with Gasteiger partial charge in [-0.05, 0) is 54.9 Å². The predicted octanol–water partition coefficient (Wildman–Crippen LogP) is 7.86. The summed E-state index contributed by atoms with van der Waals surface area (Å²) < 4.78 is 0. The van der Waals surface area contributed by atoms with Gasteiger partial charge < -0.3 is 10.2 Å². The minimum atomic E-state index is -0.235.